The first-order chi connectivity index (χ1) is 6.00. The molecule has 0 unspecified atom stereocenters. The molecular formula is C9H14N2S2. The normalized spacial score (nSPS) is 10.8. The summed E-state index contributed by atoms with van der Waals surface area (Å²) in [5.41, 5.74) is 6.53. The molecular weight excluding hydrogens is 200 g/mol. The summed E-state index contributed by atoms with van der Waals surface area (Å²) >= 11 is 6.54. The van der Waals surface area contributed by atoms with Crippen molar-refractivity contribution in [2.24, 2.45) is 11.7 Å². The largest absolute Gasteiger partial charge is 0.389 e. The highest BCUT2D eigenvalue weighted by molar-refractivity contribution is 7.81. The number of aryl methyl sites for hydroxylation is 1. The Kier molecular flexibility index (Phi) is 3.39. The van der Waals surface area contributed by atoms with Crippen molar-refractivity contribution < 1.29 is 0 Å². The van der Waals surface area contributed by atoms with Crippen LogP contribution in [0.1, 0.15) is 29.4 Å². The van der Waals surface area contributed by atoms with Gasteiger partial charge in [0, 0.05) is 6.42 Å². The summed E-state index contributed by atoms with van der Waals surface area (Å²) in [5, 5.41) is 1.13. The maximum atomic E-state index is 5.56. The van der Waals surface area contributed by atoms with Gasteiger partial charge in [0.15, 0.2) is 0 Å². The van der Waals surface area contributed by atoms with E-state index >= 15 is 0 Å². The molecule has 72 valence electrons. The first-order valence-electron chi connectivity index (χ1n) is 4.26. The highest BCUT2D eigenvalue weighted by atomic mass is 32.1. The van der Waals surface area contributed by atoms with Crippen LogP contribution < -0.4 is 5.73 Å². The lowest BCUT2D eigenvalue weighted by molar-refractivity contribution is 0.643. The quantitative estimate of drug-likeness (QED) is 0.785. The Labute approximate surface area is 88.2 Å². The van der Waals surface area contributed by atoms with Crippen molar-refractivity contribution in [2.45, 2.75) is 27.2 Å². The number of thiocarbonyl (C=S) groups is 1. The van der Waals surface area contributed by atoms with Gasteiger partial charge in [-0.05, 0) is 12.8 Å². The van der Waals surface area contributed by atoms with Gasteiger partial charge in [-0.3, -0.25) is 0 Å². The standard InChI is InChI=1S/C9H14N2S2/c1-5(2)4-7-11-6(3)8(13-7)9(10)12/h5H,4H2,1-3H3,(H2,10,12). The van der Waals surface area contributed by atoms with E-state index in [0.717, 1.165) is 22.0 Å². The minimum absolute atomic E-state index is 0.463. The number of thiazole rings is 1. The maximum absolute atomic E-state index is 5.56. The van der Waals surface area contributed by atoms with Gasteiger partial charge in [0.2, 0.25) is 0 Å². The van der Waals surface area contributed by atoms with Gasteiger partial charge in [-0.25, -0.2) is 4.98 Å². The molecule has 0 aromatic carbocycles. The van der Waals surface area contributed by atoms with E-state index in [-0.39, 0.29) is 0 Å². The number of nitrogens with zero attached hydrogens (tertiary/aromatic N) is 1. The smallest absolute Gasteiger partial charge is 0.116 e. The molecule has 0 saturated carbocycles. The maximum Gasteiger partial charge on any atom is 0.116 e. The Morgan fingerprint density at radius 2 is 2.23 bits per heavy atom. The van der Waals surface area contributed by atoms with Crippen LogP contribution >= 0.6 is 23.6 Å². The van der Waals surface area contributed by atoms with E-state index in [4.69, 9.17) is 18.0 Å². The predicted molar refractivity (Wildman–Crippen MR) is 61.3 cm³/mol. The van der Waals surface area contributed by atoms with E-state index in [1.54, 1.807) is 11.3 Å². The Bertz CT molecular complexity index is 315. The summed E-state index contributed by atoms with van der Waals surface area (Å²) in [6.07, 6.45) is 1.01. The second-order valence-corrected chi connectivity index (χ2v) is 5.01. The van der Waals surface area contributed by atoms with E-state index in [9.17, 15) is 0 Å². The summed E-state index contributed by atoms with van der Waals surface area (Å²) in [6, 6.07) is 0. The van der Waals surface area contributed by atoms with Crippen molar-refractivity contribution in [1.29, 1.82) is 0 Å². The van der Waals surface area contributed by atoms with Crippen molar-refractivity contribution in [3.8, 4) is 0 Å². The highest BCUT2D eigenvalue weighted by Gasteiger charge is 2.10. The minimum Gasteiger partial charge on any atom is -0.389 e. The molecule has 0 aliphatic rings. The van der Waals surface area contributed by atoms with Crippen molar-refractivity contribution in [3.05, 3.63) is 15.6 Å². The summed E-state index contributed by atoms with van der Waals surface area (Å²) < 4.78 is 0. The lowest BCUT2D eigenvalue weighted by Gasteiger charge is -1.97. The second-order valence-electron chi connectivity index (χ2n) is 3.48. The lowest BCUT2D eigenvalue weighted by Crippen LogP contribution is -2.08. The third-order valence-electron chi connectivity index (χ3n) is 1.65. The van der Waals surface area contributed by atoms with Gasteiger partial charge >= 0.3 is 0 Å². The molecule has 4 heteroatoms. The van der Waals surface area contributed by atoms with Crippen LogP contribution in [-0.2, 0) is 6.42 Å². The Morgan fingerprint density at radius 3 is 2.62 bits per heavy atom. The molecule has 0 bridgehead atoms. The molecule has 0 aliphatic carbocycles. The molecule has 13 heavy (non-hydrogen) atoms. The van der Waals surface area contributed by atoms with Crippen LogP contribution in [-0.4, -0.2) is 9.97 Å². The zero-order valence-electron chi connectivity index (χ0n) is 8.13. The Morgan fingerprint density at radius 1 is 1.62 bits per heavy atom. The topological polar surface area (TPSA) is 38.9 Å². The van der Waals surface area contributed by atoms with Gasteiger partial charge in [0.1, 0.15) is 4.99 Å². The number of aromatic nitrogens is 1. The molecule has 0 atom stereocenters. The number of nitrogens with two attached hydrogens (primary N) is 1. The molecule has 0 aliphatic heterocycles. The molecule has 1 aromatic heterocycles. The van der Waals surface area contributed by atoms with Crippen LogP contribution in [0, 0.1) is 12.8 Å². The first-order valence-corrected chi connectivity index (χ1v) is 5.49. The van der Waals surface area contributed by atoms with Crippen molar-refractivity contribution >= 4 is 28.5 Å². The summed E-state index contributed by atoms with van der Waals surface area (Å²) in [5.74, 6) is 0.629. The summed E-state index contributed by atoms with van der Waals surface area (Å²) in [4.78, 5) is 5.85. The van der Waals surface area contributed by atoms with E-state index in [2.05, 4.69) is 18.8 Å². The number of hydrogen-bond acceptors (Lipinski definition) is 3. The van der Waals surface area contributed by atoms with Crippen LogP contribution in [0.5, 0.6) is 0 Å². The van der Waals surface area contributed by atoms with Gasteiger partial charge in [-0.1, -0.05) is 26.1 Å². The fraction of sp³-hybridized carbons (Fsp3) is 0.556. The summed E-state index contributed by atoms with van der Waals surface area (Å²) in [7, 11) is 0. The second kappa shape index (κ2) is 4.15. The van der Waals surface area contributed by atoms with E-state index < -0.39 is 0 Å². The Hall–Kier alpha value is -0.480. The van der Waals surface area contributed by atoms with Gasteiger partial charge < -0.3 is 5.73 Å². The van der Waals surface area contributed by atoms with Crippen LogP contribution in [0.25, 0.3) is 0 Å². The monoisotopic (exact) mass is 214 g/mol. The first kappa shape index (κ1) is 10.6. The average Bonchev–Trinajstić information content (AvgIpc) is 2.29. The van der Waals surface area contributed by atoms with E-state index in [1.807, 2.05) is 6.92 Å². The van der Waals surface area contributed by atoms with Crippen LogP contribution in [0.2, 0.25) is 0 Å². The average molecular weight is 214 g/mol. The predicted octanol–water partition coefficient (Wildman–Crippen LogP) is 2.28. The van der Waals surface area contributed by atoms with Crippen molar-refractivity contribution in [2.75, 3.05) is 0 Å². The third kappa shape index (κ3) is 2.74. The highest BCUT2D eigenvalue weighted by Crippen LogP contribution is 2.20. The third-order valence-corrected chi connectivity index (χ3v) is 3.19. The number of hydrogen-bond donors (Lipinski definition) is 1. The zero-order chi connectivity index (χ0) is 10.0. The fourth-order valence-corrected chi connectivity index (χ4v) is 2.52. The van der Waals surface area contributed by atoms with Gasteiger partial charge in [-0.2, -0.15) is 0 Å². The molecule has 0 radical (unpaired) electrons. The van der Waals surface area contributed by atoms with Gasteiger partial charge in [0.25, 0.3) is 0 Å². The lowest BCUT2D eigenvalue weighted by atomic mass is 10.1. The molecule has 1 rings (SSSR count). The zero-order valence-corrected chi connectivity index (χ0v) is 9.76. The molecule has 0 saturated heterocycles. The van der Waals surface area contributed by atoms with E-state index in [1.165, 1.54) is 0 Å². The molecule has 1 heterocycles. The van der Waals surface area contributed by atoms with Crippen molar-refractivity contribution in [1.82, 2.24) is 4.98 Å². The molecule has 0 fully saturated rings. The molecule has 0 spiro atoms. The van der Waals surface area contributed by atoms with Crippen molar-refractivity contribution in [3.63, 3.8) is 0 Å². The molecule has 2 nitrogen and oxygen atoms in total. The Balaban J connectivity index is 2.89. The van der Waals surface area contributed by atoms with Crippen LogP contribution in [0.3, 0.4) is 0 Å². The summed E-state index contributed by atoms with van der Waals surface area (Å²) in [6.45, 7) is 6.31. The van der Waals surface area contributed by atoms with E-state index in [0.29, 0.717) is 10.9 Å². The molecule has 1 aromatic rings. The van der Waals surface area contributed by atoms with Crippen LogP contribution in [0.15, 0.2) is 0 Å². The minimum atomic E-state index is 0.463. The number of rotatable bonds is 3. The van der Waals surface area contributed by atoms with Crippen LogP contribution in [0.4, 0.5) is 0 Å². The van der Waals surface area contributed by atoms with Gasteiger partial charge in [-0.15, -0.1) is 11.3 Å². The molecule has 2 N–H and O–H groups in total. The SMILES string of the molecule is Cc1nc(CC(C)C)sc1C(N)=S. The molecule has 0 amide bonds. The van der Waals surface area contributed by atoms with Gasteiger partial charge in [0.05, 0.1) is 15.6 Å². The fourth-order valence-electron chi connectivity index (χ4n) is 1.12.